The molecular formula is C23H28BrClN2O2S. The first kappa shape index (κ1) is 24.8. The standard InChI is InChI=1S/C23H28BrClN2O2S/c1-3-4-14-26-23(29)17(2)27(16-18-5-7-19(24)8-6-18)22(28)13-15-30-21-11-9-20(25)10-12-21/h5-12,17H,3-4,13-16H2,1-2H3,(H,26,29)/t17-/m0/s1. The van der Waals surface area contributed by atoms with E-state index in [1.165, 1.54) is 0 Å². The van der Waals surface area contributed by atoms with Crippen LogP contribution in [0.15, 0.2) is 57.9 Å². The quantitative estimate of drug-likeness (QED) is 0.301. The Bertz CT molecular complexity index is 815. The highest BCUT2D eigenvalue weighted by atomic mass is 79.9. The van der Waals surface area contributed by atoms with Crippen LogP contribution < -0.4 is 5.32 Å². The molecule has 0 aliphatic rings. The summed E-state index contributed by atoms with van der Waals surface area (Å²) in [7, 11) is 0. The number of hydrogen-bond acceptors (Lipinski definition) is 3. The molecule has 0 heterocycles. The maximum atomic E-state index is 13.0. The van der Waals surface area contributed by atoms with E-state index in [-0.39, 0.29) is 11.8 Å². The number of nitrogens with zero attached hydrogens (tertiary/aromatic N) is 1. The number of hydrogen-bond donors (Lipinski definition) is 1. The molecule has 0 aliphatic heterocycles. The van der Waals surface area contributed by atoms with Gasteiger partial charge in [0.15, 0.2) is 0 Å². The fourth-order valence-corrected chi connectivity index (χ4v) is 4.07. The summed E-state index contributed by atoms with van der Waals surface area (Å²) >= 11 is 11.0. The van der Waals surface area contributed by atoms with E-state index in [9.17, 15) is 9.59 Å². The molecule has 4 nitrogen and oxygen atoms in total. The number of unbranched alkanes of at least 4 members (excludes halogenated alkanes) is 1. The SMILES string of the molecule is CCCCNC(=O)[C@H](C)N(Cc1ccc(Br)cc1)C(=O)CCSc1ccc(Cl)cc1. The van der Waals surface area contributed by atoms with Crippen LogP contribution >= 0.6 is 39.3 Å². The summed E-state index contributed by atoms with van der Waals surface area (Å²) in [5.41, 5.74) is 0.991. The zero-order valence-electron chi connectivity index (χ0n) is 17.4. The van der Waals surface area contributed by atoms with Crippen molar-refractivity contribution in [2.45, 2.75) is 50.6 Å². The van der Waals surface area contributed by atoms with Crippen molar-refractivity contribution in [3.8, 4) is 0 Å². The first-order valence-electron chi connectivity index (χ1n) is 10.1. The second-order valence-corrected chi connectivity index (χ2v) is 9.54. The van der Waals surface area contributed by atoms with Gasteiger partial charge >= 0.3 is 0 Å². The number of nitrogens with one attached hydrogen (secondary N) is 1. The predicted octanol–water partition coefficient (Wildman–Crippen LogP) is 5.92. The lowest BCUT2D eigenvalue weighted by molar-refractivity contribution is -0.140. The third-order valence-electron chi connectivity index (χ3n) is 4.66. The average molecular weight is 512 g/mol. The van der Waals surface area contributed by atoms with Gasteiger partial charge in [0.05, 0.1) is 0 Å². The van der Waals surface area contributed by atoms with Gasteiger partial charge in [-0.15, -0.1) is 11.8 Å². The van der Waals surface area contributed by atoms with Crippen molar-refractivity contribution in [2.24, 2.45) is 0 Å². The monoisotopic (exact) mass is 510 g/mol. The van der Waals surface area contributed by atoms with E-state index in [2.05, 4.69) is 28.2 Å². The van der Waals surface area contributed by atoms with E-state index in [1.54, 1.807) is 23.6 Å². The molecule has 0 unspecified atom stereocenters. The molecule has 7 heteroatoms. The molecule has 0 saturated carbocycles. The topological polar surface area (TPSA) is 49.4 Å². The second-order valence-electron chi connectivity index (χ2n) is 7.02. The Kier molecular flexibility index (Phi) is 10.8. The van der Waals surface area contributed by atoms with Gasteiger partial charge in [-0.05, 0) is 55.3 Å². The molecule has 162 valence electrons. The molecule has 2 aromatic rings. The van der Waals surface area contributed by atoms with Gasteiger partial charge in [0, 0.05) is 39.7 Å². The Labute approximate surface area is 196 Å². The van der Waals surface area contributed by atoms with E-state index in [0.29, 0.717) is 30.3 Å². The number of amides is 2. The highest BCUT2D eigenvalue weighted by Crippen LogP contribution is 2.22. The van der Waals surface area contributed by atoms with Gasteiger partial charge in [0.1, 0.15) is 6.04 Å². The van der Waals surface area contributed by atoms with Gasteiger partial charge < -0.3 is 10.2 Å². The summed E-state index contributed by atoms with van der Waals surface area (Å²) in [5.74, 6) is 0.498. The number of carbonyl (C=O) groups is 2. The van der Waals surface area contributed by atoms with Crippen LogP contribution in [0.4, 0.5) is 0 Å². The summed E-state index contributed by atoms with van der Waals surface area (Å²) in [5, 5.41) is 3.64. The van der Waals surface area contributed by atoms with Crippen LogP contribution in [0.2, 0.25) is 5.02 Å². The van der Waals surface area contributed by atoms with Crippen LogP contribution in [0.5, 0.6) is 0 Å². The molecule has 0 fully saturated rings. The van der Waals surface area contributed by atoms with Crippen LogP contribution in [0.3, 0.4) is 0 Å². The molecule has 0 bridgehead atoms. The molecule has 0 aliphatic carbocycles. The normalized spacial score (nSPS) is 11.7. The Balaban J connectivity index is 2.02. The molecule has 30 heavy (non-hydrogen) atoms. The van der Waals surface area contributed by atoms with E-state index in [1.807, 2.05) is 48.5 Å². The molecule has 0 saturated heterocycles. The predicted molar refractivity (Wildman–Crippen MR) is 129 cm³/mol. The summed E-state index contributed by atoms with van der Waals surface area (Å²) in [6.45, 7) is 4.91. The minimum absolute atomic E-state index is 0.0301. The lowest BCUT2D eigenvalue weighted by Crippen LogP contribution is -2.47. The fourth-order valence-electron chi connectivity index (χ4n) is 2.84. The molecule has 0 radical (unpaired) electrons. The largest absolute Gasteiger partial charge is 0.354 e. The zero-order chi connectivity index (χ0) is 21.9. The molecule has 2 aromatic carbocycles. The number of benzene rings is 2. The fraction of sp³-hybridized carbons (Fsp3) is 0.391. The molecule has 2 rings (SSSR count). The molecule has 1 N–H and O–H groups in total. The summed E-state index contributed by atoms with van der Waals surface area (Å²) in [6.07, 6.45) is 2.30. The average Bonchev–Trinajstić information content (AvgIpc) is 2.74. The molecular weight excluding hydrogens is 484 g/mol. The summed E-state index contributed by atoms with van der Waals surface area (Å²) < 4.78 is 0.980. The molecule has 2 amide bonds. The first-order valence-corrected chi connectivity index (χ1v) is 12.3. The molecule has 0 aromatic heterocycles. The van der Waals surface area contributed by atoms with Crippen molar-refractivity contribution in [3.63, 3.8) is 0 Å². The van der Waals surface area contributed by atoms with Crippen LogP contribution in [0, 0.1) is 0 Å². The lowest BCUT2D eigenvalue weighted by atomic mass is 10.1. The van der Waals surface area contributed by atoms with E-state index in [4.69, 9.17) is 11.6 Å². The second kappa shape index (κ2) is 13.0. The highest BCUT2D eigenvalue weighted by molar-refractivity contribution is 9.10. The minimum Gasteiger partial charge on any atom is -0.354 e. The third-order valence-corrected chi connectivity index (χ3v) is 6.46. The minimum atomic E-state index is -0.529. The lowest BCUT2D eigenvalue weighted by Gasteiger charge is -2.29. The Morgan fingerprint density at radius 1 is 1.13 bits per heavy atom. The van der Waals surface area contributed by atoms with Gasteiger partial charge in [-0.25, -0.2) is 0 Å². The first-order chi connectivity index (χ1) is 14.4. The Morgan fingerprint density at radius 2 is 1.80 bits per heavy atom. The van der Waals surface area contributed by atoms with Gasteiger partial charge in [-0.2, -0.15) is 0 Å². The van der Waals surface area contributed by atoms with Crippen LogP contribution in [-0.4, -0.2) is 35.1 Å². The van der Waals surface area contributed by atoms with Crippen molar-refractivity contribution in [3.05, 3.63) is 63.6 Å². The number of thioether (sulfide) groups is 1. The zero-order valence-corrected chi connectivity index (χ0v) is 20.5. The van der Waals surface area contributed by atoms with Gasteiger partial charge in [0.2, 0.25) is 11.8 Å². The Morgan fingerprint density at radius 3 is 2.43 bits per heavy atom. The number of halogens is 2. The van der Waals surface area contributed by atoms with Crippen molar-refractivity contribution in [1.82, 2.24) is 10.2 Å². The maximum Gasteiger partial charge on any atom is 0.242 e. The molecule has 1 atom stereocenters. The van der Waals surface area contributed by atoms with Crippen LogP contribution in [0.1, 0.15) is 38.7 Å². The van der Waals surface area contributed by atoms with Gasteiger partial charge in [-0.1, -0.05) is 53.0 Å². The number of carbonyl (C=O) groups excluding carboxylic acids is 2. The maximum absolute atomic E-state index is 13.0. The molecule has 0 spiro atoms. The highest BCUT2D eigenvalue weighted by Gasteiger charge is 2.25. The van der Waals surface area contributed by atoms with Crippen molar-refractivity contribution in [2.75, 3.05) is 12.3 Å². The van der Waals surface area contributed by atoms with E-state index < -0.39 is 6.04 Å². The van der Waals surface area contributed by atoms with E-state index in [0.717, 1.165) is 27.8 Å². The third kappa shape index (κ3) is 8.32. The summed E-state index contributed by atoms with van der Waals surface area (Å²) in [6, 6.07) is 14.9. The van der Waals surface area contributed by atoms with Crippen LogP contribution in [-0.2, 0) is 16.1 Å². The number of rotatable bonds is 11. The van der Waals surface area contributed by atoms with Crippen LogP contribution in [0.25, 0.3) is 0 Å². The van der Waals surface area contributed by atoms with E-state index >= 15 is 0 Å². The van der Waals surface area contributed by atoms with Crippen molar-refractivity contribution < 1.29 is 9.59 Å². The summed E-state index contributed by atoms with van der Waals surface area (Å²) in [4.78, 5) is 28.4. The van der Waals surface area contributed by atoms with Gasteiger partial charge in [0.25, 0.3) is 0 Å². The van der Waals surface area contributed by atoms with Crippen molar-refractivity contribution in [1.29, 1.82) is 0 Å². The van der Waals surface area contributed by atoms with Crippen molar-refractivity contribution >= 4 is 51.1 Å². The smallest absolute Gasteiger partial charge is 0.242 e. The Hall–Kier alpha value is -1.50. The van der Waals surface area contributed by atoms with Gasteiger partial charge in [-0.3, -0.25) is 9.59 Å².